The predicted molar refractivity (Wildman–Crippen MR) is 87.6 cm³/mol. The molecule has 8 heteroatoms. The zero-order valence-corrected chi connectivity index (χ0v) is 12.8. The van der Waals surface area contributed by atoms with Gasteiger partial charge in [-0.1, -0.05) is 12.1 Å². The number of carbonyl (C=O) groups is 1. The fourth-order valence-electron chi connectivity index (χ4n) is 1.92. The molecule has 0 saturated heterocycles. The first-order valence-corrected chi connectivity index (χ1v) is 7.05. The van der Waals surface area contributed by atoms with Crippen molar-refractivity contribution in [1.29, 1.82) is 0 Å². The van der Waals surface area contributed by atoms with Crippen molar-refractivity contribution in [2.45, 2.75) is 0 Å². The number of nitrogens with zero attached hydrogens (tertiary/aromatic N) is 5. The number of hydrogen-bond donors (Lipinski definition) is 1. The highest BCUT2D eigenvalue weighted by Crippen LogP contribution is 2.12. The summed E-state index contributed by atoms with van der Waals surface area (Å²) in [4.78, 5) is 23.9. The lowest BCUT2D eigenvalue weighted by Gasteiger charge is -2.03. The van der Waals surface area contributed by atoms with Gasteiger partial charge in [0.05, 0.1) is 7.11 Å². The van der Waals surface area contributed by atoms with Gasteiger partial charge in [0.2, 0.25) is 5.91 Å². The number of anilines is 1. The standard InChI is InChI=1S/C16H14N6O2/c1-24-13-5-2-12(3-6-13)4-7-16(23)21-14-8-15(19-10-18-14)22-11-17-9-20-22/h2-11H,1H3,(H,18,19,21,23). The van der Waals surface area contributed by atoms with Gasteiger partial charge < -0.3 is 10.1 Å². The number of methoxy groups -OCH3 is 1. The molecule has 0 aliphatic heterocycles. The first-order valence-electron chi connectivity index (χ1n) is 7.05. The van der Waals surface area contributed by atoms with Crippen LogP contribution in [0.5, 0.6) is 5.75 Å². The van der Waals surface area contributed by atoms with Gasteiger partial charge in [0.15, 0.2) is 5.82 Å². The lowest BCUT2D eigenvalue weighted by Crippen LogP contribution is -2.10. The number of rotatable bonds is 5. The van der Waals surface area contributed by atoms with Crippen LogP contribution in [-0.2, 0) is 4.79 Å². The number of amides is 1. The molecule has 0 bridgehead atoms. The molecule has 1 aromatic carbocycles. The molecule has 2 aromatic heterocycles. The SMILES string of the molecule is COc1ccc(C=CC(=O)Nc2cc(-n3cncn3)ncn2)cc1. The van der Waals surface area contributed by atoms with Crippen LogP contribution in [-0.4, -0.2) is 37.7 Å². The van der Waals surface area contributed by atoms with E-state index in [0.29, 0.717) is 11.6 Å². The smallest absolute Gasteiger partial charge is 0.249 e. The average Bonchev–Trinajstić information content (AvgIpc) is 3.15. The number of benzene rings is 1. The first kappa shape index (κ1) is 15.3. The van der Waals surface area contributed by atoms with Gasteiger partial charge in [0, 0.05) is 12.1 Å². The Balaban J connectivity index is 1.66. The maximum Gasteiger partial charge on any atom is 0.249 e. The van der Waals surface area contributed by atoms with Crippen molar-refractivity contribution >= 4 is 17.8 Å². The van der Waals surface area contributed by atoms with Gasteiger partial charge in [-0.3, -0.25) is 4.79 Å². The predicted octanol–water partition coefficient (Wildman–Crippen LogP) is 1.72. The summed E-state index contributed by atoms with van der Waals surface area (Å²) in [6.07, 6.45) is 7.39. The highest BCUT2D eigenvalue weighted by molar-refractivity contribution is 6.01. The van der Waals surface area contributed by atoms with Gasteiger partial charge in [-0.2, -0.15) is 5.10 Å². The van der Waals surface area contributed by atoms with Crippen LogP contribution in [0.4, 0.5) is 5.82 Å². The highest BCUT2D eigenvalue weighted by Gasteiger charge is 2.04. The van der Waals surface area contributed by atoms with Crippen LogP contribution in [0.2, 0.25) is 0 Å². The van der Waals surface area contributed by atoms with Crippen LogP contribution in [0, 0.1) is 0 Å². The van der Waals surface area contributed by atoms with E-state index in [-0.39, 0.29) is 5.91 Å². The topological polar surface area (TPSA) is 94.8 Å². The molecule has 0 aliphatic carbocycles. The average molecular weight is 322 g/mol. The third kappa shape index (κ3) is 3.80. The second-order valence-corrected chi connectivity index (χ2v) is 4.70. The molecule has 0 spiro atoms. The second-order valence-electron chi connectivity index (χ2n) is 4.70. The van der Waals surface area contributed by atoms with Crippen molar-refractivity contribution in [3.63, 3.8) is 0 Å². The molecule has 24 heavy (non-hydrogen) atoms. The summed E-state index contributed by atoms with van der Waals surface area (Å²) in [5, 5.41) is 6.65. The Hall–Kier alpha value is -3.55. The van der Waals surface area contributed by atoms with Crippen LogP contribution in [0.1, 0.15) is 5.56 Å². The quantitative estimate of drug-likeness (QED) is 0.719. The van der Waals surface area contributed by atoms with Gasteiger partial charge >= 0.3 is 0 Å². The molecular weight excluding hydrogens is 308 g/mol. The fraction of sp³-hybridized carbons (Fsp3) is 0.0625. The van der Waals surface area contributed by atoms with Crippen molar-refractivity contribution in [1.82, 2.24) is 24.7 Å². The largest absolute Gasteiger partial charge is 0.497 e. The third-order valence-electron chi connectivity index (χ3n) is 3.10. The Bertz CT molecular complexity index is 843. The molecular formula is C16H14N6O2. The zero-order chi connectivity index (χ0) is 16.8. The lowest BCUT2D eigenvalue weighted by molar-refractivity contribution is -0.111. The maximum absolute atomic E-state index is 12.0. The van der Waals surface area contributed by atoms with Crippen LogP contribution < -0.4 is 10.1 Å². The Labute approximate surface area is 137 Å². The maximum atomic E-state index is 12.0. The molecule has 1 amide bonds. The van der Waals surface area contributed by atoms with Crippen molar-refractivity contribution in [2.75, 3.05) is 12.4 Å². The van der Waals surface area contributed by atoms with Crippen molar-refractivity contribution in [3.05, 3.63) is 61.0 Å². The minimum atomic E-state index is -0.297. The molecule has 0 fully saturated rings. The Kier molecular flexibility index (Phi) is 4.57. The minimum Gasteiger partial charge on any atom is -0.497 e. The summed E-state index contributed by atoms with van der Waals surface area (Å²) >= 11 is 0. The summed E-state index contributed by atoms with van der Waals surface area (Å²) in [6.45, 7) is 0. The number of aromatic nitrogens is 5. The van der Waals surface area contributed by atoms with E-state index in [9.17, 15) is 4.79 Å². The Morgan fingerprint density at radius 1 is 1.21 bits per heavy atom. The van der Waals surface area contributed by atoms with Gasteiger partial charge in [0.1, 0.15) is 30.5 Å². The van der Waals surface area contributed by atoms with Crippen LogP contribution in [0.15, 0.2) is 55.4 Å². The first-order chi connectivity index (χ1) is 11.7. The minimum absolute atomic E-state index is 0.297. The normalized spacial score (nSPS) is 10.7. The molecule has 120 valence electrons. The van der Waals surface area contributed by atoms with Gasteiger partial charge in [-0.15, -0.1) is 0 Å². The van der Waals surface area contributed by atoms with E-state index in [0.717, 1.165) is 11.3 Å². The van der Waals surface area contributed by atoms with E-state index in [1.807, 2.05) is 24.3 Å². The van der Waals surface area contributed by atoms with Crippen molar-refractivity contribution in [3.8, 4) is 11.6 Å². The van der Waals surface area contributed by atoms with Gasteiger partial charge in [-0.05, 0) is 23.8 Å². The number of nitrogens with one attached hydrogen (secondary N) is 1. The molecule has 0 radical (unpaired) electrons. The molecule has 8 nitrogen and oxygen atoms in total. The summed E-state index contributed by atoms with van der Waals surface area (Å²) in [7, 11) is 1.60. The lowest BCUT2D eigenvalue weighted by atomic mass is 10.2. The zero-order valence-electron chi connectivity index (χ0n) is 12.8. The fourth-order valence-corrected chi connectivity index (χ4v) is 1.92. The summed E-state index contributed by atoms with van der Waals surface area (Å²) in [6, 6.07) is 8.97. The molecule has 0 atom stereocenters. The summed E-state index contributed by atoms with van der Waals surface area (Å²) in [5.74, 6) is 1.35. The second kappa shape index (κ2) is 7.14. The van der Waals surface area contributed by atoms with Crippen LogP contribution in [0.3, 0.4) is 0 Å². The molecule has 0 unspecified atom stereocenters. The Morgan fingerprint density at radius 2 is 2.04 bits per heavy atom. The van der Waals surface area contributed by atoms with Gasteiger partial charge in [-0.25, -0.2) is 19.6 Å². The van der Waals surface area contributed by atoms with E-state index in [1.54, 1.807) is 19.3 Å². The van der Waals surface area contributed by atoms with Crippen molar-refractivity contribution in [2.24, 2.45) is 0 Å². The molecule has 2 heterocycles. The molecule has 1 N–H and O–H groups in total. The van der Waals surface area contributed by atoms with E-state index in [1.165, 1.54) is 29.7 Å². The van der Waals surface area contributed by atoms with Gasteiger partial charge in [0.25, 0.3) is 0 Å². The highest BCUT2D eigenvalue weighted by atomic mass is 16.5. The molecule has 3 aromatic rings. The number of hydrogen-bond acceptors (Lipinski definition) is 6. The van der Waals surface area contributed by atoms with E-state index in [2.05, 4.69) is 25.4 Å². The van der Waals surface area contributed by atoms with E-state index < -0.39 is 0 Å². The Morgan fingerprint density at radius 3 is 2.75 bits per heavy atom. The van der Waals surface area contributed by atoms with Crippen molar-refractivity contribution < 1.29 is 9.53 Å². The van der Waals surface area contributed by atoms with E-state index in [4.69, 9.17) is 4.74 Å². The third-order valence-corrected chi connectivity index (χ3v) is 3.10. The van der Waals surface area contributed by atoms with Crippen LogP contribution in [0.25, 0.3) is 11.9 Å². The summed E-state index contributed by atoms with van der Waals surface area (Å²) in [5.41, 5.74) is 0.886. The molecule has 0 aliphatic rings. The molecule has 0 saturated carbocycles. The number of carbonyl (C=O) groups excluding carboxylic acids is 1. The van der Waals surface area contributed by atoms with Crippen LogP contribution >= 0.6 is 0 Å². The van der Waals surface area contributed by atoms with E-state index >= 15 is 0 Å². The summed E-state index contributed by atoms with van der Waals surface area (Å²) < 4.78 is 6.56. The molecule has 3 rings (SSSR count). The number of ether oxygens (including phenoxy) is 1. The monoisotopic (exact) mass is 322 g/mol.